The SMILES string of the molecule is NC(CCC(=O)NC(CS)C(=O)NCC(=O)[O-])C(=O)[O-].NC(CCC(=O)NC(CS)C(=O)NCC(=O)[O-])C(=O)[O-].O.O.[Cl-].[Cl-].[Cu+2].[Cu+2].[Cu+2]. The van der Waals surface area contributed by atoms with Gasteiger partial charge in [-0.25, -0.2) is 0 Å². The van der Waals surface area contributed by atoms with Gasteiger partial charge in [0.2, 0.25) is 23.6 Å². The number of carbonyl (C=O) groups is 8. The summed E-state index contributed by atoms with van der Waals surface area (Å²) in [6.07, 6.45) is -0.720. The largest absolute Gasteiger partial charge is 2.00 e. The quantitative estimate of drug-likeness (QED) is 0.0468. The van der Waals surface area contributed by atoms with Crippen LogP contribution in [0.3, 0.4) is 0 Å². The van der Waals surface area contributed by atoms with Gasteiger partial charge in [-0.1, -0.05) is 0 Å². The van der Waals surface area contributed by atoms with E-state index in [9.17, 15) is 58.8 Å². The van der Waals surface area contributed by atoms with Crippen molar-refractivity contribution in [1.29, 1.82) is 0 Å². The number of hydrogen-bond acceptors (Lipinski definition) is 16. The zero-order valence-corrected chi connectivity index (χ0v) is 29.7. The van der Waals surface area contributed by atoms with Crippen molar-refractivity contribution in [2.75, 3.05) is 24.6 Å². The minimum absolute atomic E-state index is 0. The smallest absolute Gasteiger partial charge is 1.00 e. The molecule has 0 spiro atoms. The number of rotatable bonds is 18. The molecule has 0 aliphatic rings. The summed E-state index contributed by atoms with van der Waals surface area (Å²) in [5.41, 5.74) is 10.3. The third-order valence-electron chi connectivity index (χ3n) is 4.45. The molecule has 4 amide bonds. The fraction of sp³-hybridized carbons (Fsp3) is 0.600. The number of thiol groups is 2. The van der Waals surface area contributed by atoms with E-state index in [1.54, 1.807) is 0 Å². The molecule has 0 heterocycles. The minimum atomic E-state index is -1.48. The second-order valence-electron chi connectivity index (χ2n) is 7.71. The zero-order chi connectivity index (χ0) is 31.4. The first-order chi connectivity index (χ1) is 18.5. The third kappa shape index (κ3) is 37.1. The van der Waals surface area contributed by atoms with Gasteiger partial charge in [-0.3, -0.25) is 19.2 Å². The van der Waals surface area contributed by atoms with E-state index in [1.165, 1.54) is 0 Å². The van der Waals surface area contributed by atoms with E-state index in [4.69, 9.17) is 11.5 Å². The van der Waals surface area contributed by atoms with Crippen LogP contribution >= 0.6 is 25.3 Å². The van der Waals surface area contributed by atoms with Crippen LogP contribution in [0.2, 0.25) is 0 Å². The molecule has 0 saturated carbocycles. The number of carbonyl (C=O) groups excluding carboxylic acids is 8. The first-order valence-electron chi connectivity index (χ1n) is 11.2. The maximum absolute atomic E-state index is 11.5. The summed E-state index contributed by atoms with van der Waals surface area (Å²) in [6.45, 7) is -1.37. The van der Waals surface area contributed by atoms with Crippen molar-refractivity contribution in [2.24, 2.45) is 11.5 Å². The van der Waals surface area contributed by atoms with Crippen LogP contribution in [0.25, 0.3) is 0 Å². The normalized spacial score (nSPS) is 11.1. The predicted octanol–water partition coefficient (Wildman–Crippen LogP) is -17.4. The Kier molecular flexibility index (Phi) is 55.9. The van der Waals surface area contributed by atoms with E-state index in [0.29, 0.717) is 0 Å². The molecule has 0 fully saturated rings. The molecule has 0 rings (SSSR count). The number of aliphatic carboxylic acids is 4. The summed E-state index contributed by atoms with van der Waals surface area (Å²) in [6, 6.07) is -4.63. The molecule has 4 unspecified atom stereocenters. The van der Waals surface area contributed by atoms with Crippen LogP contribution < -0.4 is 78.0 Å². The number of nitrogens with two attached hydrogens (primary N) is 2. The van der Waals surface area contributed by atoms with E-state index in [0.717, 1.165) is 0 Å². The van der Waals surface area contributed by atoms with Crippen molar-refractivity contribution < 1.29 is 146 Å². The standard InChI is InChI=1S/2C10H17N3O6S.2ClH.3Cu.2H2O/c2*11-5(10(18)19)1-2-7(14)13-6(4-20)9(17)12-3-8(15)16;;;;;;;/h2*5-6,20H,1-4,11H2,(H,12,17)(H,13,14)(H,15,16)(H,18,19);2*1H;;;;2*1H2/q;;;;3*+2;;/p-6. The van der Waals surface area contributed by atoms with E-state index in [1.807, 2.05) is 10.6 Å². The van der Waals surface area contributed by atoms with Crippen LogP contribution in [0.4, 0.5) is 0 Å². The van der Waals surface area contributed by atoms with Crippen LogP contribution in [-0.2, 0) is 89.6 Å². The monoisotopic (exact) mass is 905 g/mol. The van der Waals surface area contributed by atoms with Gasteiger partial charge in [-0.05, 0) is 12.8 Å². The van der Waals surface area contributed by atoms with E-state index >= 15 is 0 Å². The van der Waals surface area contributed by atoms with Crippen molar-refractivity contribution in [2.45, 2.75) is 49.9 Å². The fourth-order valence-electron chi connectivity index (χ4n) is 2.30. The summed E-state index contributed by atoms with van der Waals surface area (Å²) >= 11 is 7.70. The predicted molar refractivity (Wildman–Crippen MR) is 139 cm³/mol. The summed E-state index contributed by atoms with van der Waals surface area (Å²) in [5.74, 6) is -8.69. The average Bonchev–Trinajstić information content (AvgIpc) is 2.89. The Morgan fingerprint density at radius 3 is 1.02 bits per heavy atom. The summed E-state index contributed by atoms with van der Waals surface area (Å²) in [7, 11) is 0. The van der Waals surface area contributed by atoms with Crippen molar-refractivity contribution in [3.8, 4) is 0 Å². The topological polar surface area (TPSA) is 392 Å². The van der Waals surface area contributed by atoms with E-state index < -0.39 is 84.8 Å². The van der Waals surface area contributed by atoms with Gasteiger partial charge in [0.1, 0.15) is 12.1 Å². The van der Waals surface area contributed by atoms with Gasteiger partial charge in [-0.2, -0.15) is 25.3 Å². The number of amides is 4. The zero-order valence-electron chi connectivity index (χ0n) is 23.6. The molecule has 0 aromatic rings. The summed E-state index contributed by atoms with van der Waals surface area (Å²) in [5, 5.41) is 49.6. The molecule has 0 aliphatic carbocycles. The molecule has 3 radical (unpaired) electrons. The second-order valence-corrected chi connectivity index (χ2v) is 8.44. The Bertz CT molecular complexity index is 882. The first kappa shape index (κ1) is 67.6. The summed E-state index contributed by atoms with van der Waals surface area (Å²) in [4.78, 5) is 86.9. The average molecular weight is 908 g/mol. The van der Waals surface area contributed by atoms with E-state index in [2.05, 4.69) is 35.9 Å². The maximum Gasteiger partial charge on any atom is 2.00 e. The Hall–Kier alpha value is -1.56. The minimum Gasteiger partial charge on any atom is -1.00 e. The van der Waals surface area contributed by atoms with Crippen LogP contribution in [0, 0.1) is 0 Å². The molecule has 287 valence electrons. The molecule has 4 atom stereocenters. The Morgan fingerprint density at radius 2 is 0.830 bits per heavy atom. The Morgan fingerprint density at radius 1 is 0.574 bits per heavy atom. The Labute approximate surface area is 323 Å². The van der Waals surface area contributed by atoms with Gasteiger partial charge >= 0.3 is 51.2 Å². The van der Waals surface area contributed by atoms with Crippen molar-refractivity contribution in [3.05, 3.63) is 0 Å². The molecule has 47 heavy (non-hydrogen) atoms. The number of hydrogen-bond donors (Lipinski definition) is 8. The number of carboxylic acid groups (broad SMARTS) is 4. The molecular weight excluding hydrogens is 874 g/mol. The van der Waals surface area contributed by atoms with Gasteiger partial charge in [0.05, 0.1) is 37.0 Å². The van der Waals surface area contributed by atoms with Gasteiger partial charge < -0.3 is 108 Å². The van der Waals surface area contributed by atoms with E-state index in [-0.39, 0.29) is 124 Å². The van der Waals surface area contributed by atoms with Gasteiger partial charge in [0.15, 0.2) is 0 Å². The molecular formula is C20H34Cl2Cu3N6O14S2. The second kappa shape index (κ2) is 38.9. The number of halogens is 2. The number of nitrogens with one attached hydrogen (secondary N) is 4. The summed E-state index contributed by atoms with van der Waals surface area (Å²) < 4.78 is 0. The molecule has 12 N–H and O–H groups in total. The van der Waals surface area contributed by atoms with Crippen LogP contribution in [0.5, 0.6) is 0 Å². The Balaban J connectivity index is -0.0000000764. The molecule has 0 aromatic heterocycles. The van der Waals surface area contributed by atoms with Gasteiger partial charge in [0, 0.05) is 36.4 Å². The molecule has 20 nitrogen and oxygen atoms in total. The molecule has 0 bridgehead atoms. The molecule has 0 aliphatic heterocycles. The van der Waals surface area contributed by atoms with Crippen molar-refractivity contribution in [1.82, 2.24) is 21.3 Å². The first-order valence-corrected chi connectivity index (χ1v) is 12.5. The third-order valence-corrected chi connectivity index (χ3v) is 5.18. The van der Waals surface area contributed by atoms with Gasteiger partial charge in [0.25, 0.3) is 0 Å². The van der Waals surface area contributed by atoms with Crippen molar-refractivity contribution in [3.63, 3.8) is 0 Å². The van der Waals surface area contributed by atoms with Gasteiger partial charge in [-0.15, -0.1) is 0 Å². The van der Waals surface area contributed by atoms with Crippen molar-refractivity contribution >= 4 is 72.8 Å². The van der Waals surface area contributed by atoms with Crippen LogP contribution in [0.15, 0.2) is 0 Å². The molecule has 0 saturated heterocycles. The van der Waals surface area contributed by atoms with Crippen LogP contribution in [0.1, 0.15) is 25.7 Å². The van der Waals surface area contributed by atoms with Crippen LogP contribution in [-0.4, -0.2) is 107 Å². The number of carboxylic acids is 4. The molecule has 27 heteroatoms. The molecule has 0 aromatic carbocycles. The maximum atomic E-state index is 11.5. The fourth-order valence-corrected chi connectivity index (χ4v) is 2.81.